The quantitative estimate of drug-likeness (QED) is 0.714. The van der Waals surface area contributed by atoms with Crippen LogP contribution in [0.1, 0.15) is 12.6 Å². The maximum absolute atomic E-state index is 11.6. The molecule has 3 N–H and O–H groups in total. The van der Waals surface area contributed by atoms with Crippen LogP contribution in [-0.4, -0.2) is 30.0 Å². The van der Waals surface area contributed by atoms with Crippen LogP contribution in [0.25, 0.3) is 0 Å². The Morgan fingerprint density at radius 3 is 3.06 bits per heavy atom. The number of hydrogen-bond acceptors (Lipinski definition) is 4. The fraction of sp³-hybridized carbons (Fsp3) is 0.455. The first-order valence-electron chi connectivity index (χ1n) is 5.37. The van der Waals surface area contributed by atoms with Crippen molar-refractivity contribution in [1.29, 1.82) is 0 Å². The van der Waals surface area contributed by atoms with Gasteiger partial charge in [-0.05, 0) is 26.0 Å². The number of hydrogen-bond donors (Lipinski definition) is 2. The van der Waals surface area contributed by atoms with Crippen LogP contribution >= 0.6 is 0 Å². The molecule has 86 valence electrons. The molecule has 0 bridgehead atoms. The summed E-state index contributed by atoms with van der Waals surface area (Å²) in [5.74, 6) is 0.733. The topological polar surface area (TPSA) is 71.2 Å². The zero-order valence-electron chi connectivity index (χ0n) is 9.53. The average Bonchev–Trinajstić information content (AvgIpc) is 2.26. The first-order chi connectivity index (χ1) is 7.59. The number of aromatic nitrogens is 1. The molecule has 1 atom stereocenters. The summed E-state index contributed by atoms with van der Waals surface area (Å²) in [7, 11) is 0. The molecule has 5 heteroatoms. The van der Waals surface area contributed by atoms with Crippen LogP contribution < -0.4 is 16.0 Å². The van der Waals surface area contributed by atoms with E-state index in [2.05, 4.69) is 10.3 Å². The Morgan fingerprint density at radius 1 is 1.56 bits per heavy atom. The molecular formula is C11H16N4O. The molecule has 1 aromatic heterocycles. The van der Waals surface area contributed by atoms with Crippen molar-refractivity contribution >= 4 is 17.4 Å². The van der Waals surface area contributed by atoms with E-state index in [0.29, 0.717) is 18.1 Å². The number of nitrogens with one attached hydrogen (secondary N) is 1. The van der Waals surface area contributed by atoms with Crippen molar-refractivity contribution in [2.45, 2.75) is 19.9 Å². The molecule has 1 saturated heterocycles. The Morgan fingerprint density at radius 2 is 2.31 bits per heavy atom. The third kappa shape index (κ3) is 1.80. The van der Waals surface area contributed by atoms with E-state index in [9.17, 15) is 4.79 Å². The number of piperazine rings is 1. The number of carbonyl (C=O) groups is 1. The molecule has 2 rings (SSSR count). The Kier molecular flexibility index (Phi) is 2.68. The van der Waals surface area contributed by atoms with E-state index in [1.165, 1.54) is 0 Å². The predicted molar refractivity (Wildman–Crippen MR) is 63.2 cm³/mol. The minimum absolute atomic E-state index is 0.0222. The molecule has 1 aliphatic rings. The fourth-order valence-electron chi connectivity index (χ4n) is 1.86. The summed E-state index contributed by atoms with van der Waals surface area (Å²) in [5, 5.41) is 2.82. The lowest BCUT2D eigenvalue weighted by Crippen LogP contribution is -2.54. The lowest BCUT2D eigenvalue weighted by molar-refractivity contribution is -0.122. The zero-order chi connectivity index (χ0) is 11.7. The van der Waals surface area contributed by atoms with Crippen LogP contribution in [0.4, 0.5) is 11.5 Å². The monoisotopic (exact) mass is 220 g/mol. The van der Waals surface area contributed by atoms with Crippen molar-refractivity contribution < 1.29 is 4.79 Å². The molecule has 1 amide bonds. The van der Waals surface area contributed by atoms with E-state index in [4.69, 9.17) is 5.73 Å². The van der Waals surface area contributed by atoms with E-state index in [1.54, 1.807) is 0 Å². The molecule has 1 unspecified atom stereocenters. The van der Waals surface area contributed by atoms with E-state index in [1.807, 2.05) is 30.9 Å². The molecule has 16 heavy (non-hydrogen) atoms. The Balaban J connectivity index is 2.35. The van der Waals surface area contributed by atoms with Crippen LogP contribution in [0.3, 0.4) is 0 Å². The average molecular weight is 220 g/mol. The normalized spacial score (nSPS) is 20.8. The minimum atomic E-state index is -0.217. The van der Waals surface area contributed by atoms with Gasteiger partial charge in [0.1, 0.15) is 6.04 Å². The number of rotatable bonds is 1. The van der Waals surface area contributed by atoms with Crippen LogP contribution in [-0.2, 0) is 4.79 Å². The SMILES string of the molecule is Cc1ccc(N)c(N2CCNC(=O)C2C)n1. The molecule has 5 nitrogen and oxygen atoms in total. The summed E-state index contributed by atoms with van der Waals surface area (Å²) in [6, 6.07) is 3.48. The summed E-state index contributed by atoms with van der Waals surface area (Å²) < 4.78 is 0. The van der Waals surface area contributed by atoms with Gasteiger partial charge in [-0.2, -0.15) is 0 Å². The molecule has 2 heterocycles. The molecule has 0 radical (unpaired) electrons. The van der Waals surface area contributed by atoms with Gasteiger partial charge in [0, 0.05) is 18.8 Å². The third-order valence-corrected chi connectivity index (χ3v) is 2.82. The van der Waals surface area contributed by atoms with Crippen molar-refractivity contribution in [3.63, 3.8) is 0 Å². The largest absolute Gasteiger partial charge is 0.396 e. The highest BCUT2D eigenvalue weighted by atomic mass is 16.2. The molecule has 0 saturated carbocycles. The lowest BCUT2D eigenvalue weighted by atomic mass is 10.2. The van der Waals surface area contributed by atoms with Gasteiger partial charge in [0.25, 0.3) is 0 Å². The highest BCUT2D eigenvalue weighted by Gasteiger charge is 2.27. The van der Waals surface area contributed by atoms with Crippen LogP contribution in [0.2, 0.25) is 0 Å². The van der Waals surface area contributed by atoms with E-state index < -0.39 is 0 Å². The summed E-state index contributed by atoms with van der Waals surface area (Å²) in [5.41, 5.74) is 7.41. The number of nitrogens with zero attached hydrogens (tertiary/aromatic N) is 2. The van der Waals surface area contributed by atoms with Gasteiger partial charge in [0.15, 0.2) is 5.82 Å². The molecule has 1 aromatic rings. The summed E-state index contributed by atoms with van der Waals surface area (Å²) >= 11 is 0. The highest BCUT2D eigenvalue weighted by Crippen LogP contribution is 2.23. The standard InChI is InChI=1S/C11H16N4O/c1-7-3-4-9(12)10(14-7)15-6-5-13-11(16)8(15)2/h3-4,8H,5-6,12H2,1-2H3,(H,13,16). The smallest absolute Gasteiger partial charge is 0.242 e. The molecule has 1 fully saturated rings. The van der Waals surface area contributed by atoms with Crippen molar-refractivity contribution in [3.05, 3.63) is 17.8 Å². The maximum atomic E-state index is 11.6. The summed E-state index contributed by atoms with van der Waals surface area (Å²) in [6.45, 7) is 5.15. The number of carbonyl (C=O) groups excluding carboxylic acids is 1. The number of nitrogen functional groups attached to an aromatic ring is 1. The molecule has 0 aromatic carbocycles. The second kappa shape index (κ2) is 4.00. The number of pyridine rings is 1. The second-order valence-corrected chi connectivity index (χ2v) is 4.03. The Hall–Kier alpha value is -1.78. The molecule has 0 spiro atoms. The van der Waals surface area contributed by atoms with Gasteiger partial charge < -0.3 is 16.0 Å². The molecular weight excluding hydrogens is 204 g/mol. The zero-order valence-corrected chi connectivity index (χ0v) is 9.53. The van der Waals surface area contributed by atoms with Gasteiger partial charge in [-0.3, -0.25) is 4.79 Å². The van der Waals surface area contributed by atoms with Crippen molar-refractivity contribution in [2.24, 2.45) is 0 Å². The number of anilines is 2. The predicted octanol–water partition coefficient (Wildman–Crippen LogP) is 0.297. The first kappa shape index (κ1) is 10.7. The summed E-state index contributed by atoms with van der Waals surface area (Å²) in [4.78, 5) is 17.9. The minimum Gasteiger partial charge on any atom is -0.396 e. The number of aryl methyl sites for hydroxylation is 1. The third-order valence-electron chi connectivity index (χ3n) is 2.82. The van der Waals surface area contributed by atoms with Gasteiger partial charge in [0.05, 0.1) is 5.69 Å². The maximum Gasteiger partial charge on any atom is 0.242 e. The van der Waals surface area contributed by atoms with Gasteiger partial charge in [-0.1, -0.05) is 0 Å². The Bertz CT molecular complexity index is 418. The lowest BCUT2D eigenvalue weighted by Gasteiger charge is -2.34. The van der Waals surface area contributed by atoms with Gasteiger partial charge in [-0.15, -0.1) is 0 Å². The van der Waals surface area contributed by atoms with E-state index in [-0.39, 0.29) is 11.9 Å². The van der Waals surface area contributed by atoms with E-state index in [0.717, 1.165) is 12.2 Å². The first-order valence-corrected chi connectivity index (χ1v) is 5.37. The summed E-state index contributed by atoms with van der Waals surface area (Å²) in [6.07, 6.45) is 0. The van der Waals surface area contributed by atoms with Crippen LogP contribution in [0.15, 0.2) is 12.1 Å². The highest BCUT2D eigenvalue weighted by molar-refractivity contribution is 5.86. The van der Waals surface area contributed by atoms with Crippen LogP contribution in [0, 0.1) is 6.92 Å². The van der Waals surface area contributed by atoms with Gasteiger partial charge in [-0.25, -0.2) is 4.98 Å². The van der Waals surface area contributed by atoms with Crippen molar-refractivity contribution in [2.75, 3.05) is 23.7 Å². The van der Waals surface area contributed by atoms with E-state index >= 15 is 0 Å². The number of nitrogens with two attached hydrogens (primary N) is 1. The molecule has 0 aliphatic carbocycles. The van der Waals surface area contributed by atoms with Crippen molar-refractivity contribution in [1.82, 2.24) is 10.3 Å². The van der Waals surface area contributed by atoms with Gasteiger partial charge >= 0.3 is 0 Å². The van der Waals surface area contributed by atoms with Crippen molar-refractivity contribution in [3.8, 4) is 0 Å². The second-order valence-electron chi connectivity index (χ2n) is 4.03. The molecule has 1 aliphatic heterocycles. The fourth-order valence-corrected chi connectivity index (χ4v) is 1.86. The number of amides is 1. The Labute approximate surface area is 94.6 Å². The van der Waals surface area contributed by atoms with Gasteiger partial charge in [0.2, 0.25) is 5.91 Å². The van der Waals surface area contributed by atoms with Crippen LogP contribution in [0.5, 0.6) is 0 Å².